The average molecular weight is 643 g/mol. The molecule has 10 nitrogen and oxygen atoms in total. The molecule has 3 bridgehead atoms. The van der Waals surface area contributed by atoms with Crippen LogP contribution in [0.3, 0.4) is 0 Å². The van der Waals surface area contributed by atoms with Crippen molar-refractivity contribution in [3.8, 4) is 0 Å². The molecule has 3 heterocycles. The van der Waals surface area contributed by atoms with Crippen molar-refractivity contribution in [2.24, 2.45) is 17.8 Å². The molecule has 10 heteroatoms. The molecule has 3 N–H and O–H groups in total. The summed E-state index contributed by atoms with van der Waals surface area (Å²) in [4.78, 5) is 26.3. The van der Waals surface area contributed by atoms with Crippen LogP contribution in [0.5, 0.6) is 0 Å². The number of epoxide rings is 1. The maximum Gasteiger partial charge on any atom is 0.307 e. The molecule has 6 rings (SSSR count). The Bertz CT molecular complexity index is 1350. The number of hydrogen-bond donors (Lipinski definition) is 3. The third-order valence-electron chi connectivity index (χ3n) is 11.6. The number of fused-ring (bicyclic) bond motifs is 3. The highest BCUT2D eigenvalue weighted by molar-refractivity contribution is 6.05. The Morgan fingerprint density at radius 1 is 1.07 bits per heavy atom. The number of Topliss-reactive ketones (excluding diaryl/α,β-unsaturated/α-hetero) is 1. The van der Waals surface area contributed by atoms with Gasteiger partial charge in [0.15, 0.2) is 17.0 Å². The summed E-state index contributed by atoms with van der Waals surface area (Å²) < 4.78 is 32.6. The largest absolute Gasteiger partial charge is 0.459 e. The second-order valence-electron chi connectivity index (χ2n) is 14.4. The predicted molar refractivity (Wildman–Crippen MR) is 167 cm³/mol. The van der Waals surface area contributed by atoms with E-state index in [1.165, 1.54) is 45.4 Å². The molecule has 12 atom stereocenters. The van der Waals surface area contributed by atoms with Gasteiger partial charge in [0.1, 0.15) is 30.0 Å². The topological polar surface area (TPSA) is 144 Å². The zero-order chi connectivity index (χ0) is 33.3. The van der Waals surface area contributed by atoms with E-state index in [1.807, 2.05) is 13.0 Å². The van der Waals surface area contributed by atoms with Gasteiger partial charge in [0.05, 0.1) is 12.2 Å². The van der Waals surface area contributed by atoms with Crippen LogP contribution in [0.25, 0.3) is 0 Å². The third-order valence-corrected chi connectivity index (χ3v) is 11.6. The smallest absolute Gasteiger partial charge is 0.307 e. The van der Waals surface area contributed by atoms with Gasteiger partial charge >= 0.3 is 11.9 Å². The van der Waals surface area contributed by atoms with E-state index in [9.17, 15) is 24.9 Å². The number of rotatable bonds is 13. The molecule has 0 aromatic rings. The highest BCUT2D eigenvalue weighted by atomic mass is 16.9. The minimum Gasteiger partial charge on any atom is -0.459 e. The number of ketones is 1. The summed E-state index contributed by atoms with van der Waals surface area (Å²) in [5.41, 5.74) is -6.13. The Morgan fingerprint density at radius 3 is 2.41 bits per heavy atom. The van der Waals surface area contributed by atoms with Crippen LogP contribution >= 0.6 is 0 Å². The lowest BCUT2D eigenvalue weighted by molar-refractivity contribution is -0.407. The van der Waals surface area contributed by atoms with E-state index in [0.717, 1.165) is 12.8 Å². The lowest BCUT2D eigenvalue weighted by atomic mass is 9.53. The van der Waals surface area contributed by atoms with Crippen molar-refractivity contribution in [2.75, 3.05) is 6.61 Å². The van der Waals surface area contributed by atoms with E-state index in [1.54, 1.807) is 32.1 Å². The van der Waals surface area contributed by atoms with Gasteiger partial charge in [-0.05, 0) is 37.8 Å². The fourth-order valence-corrected chi connectivity index (χ4v) is 9.37. The SMILES string of the molecule is C=C(C)[C@@]12O[C@]3(/C=C/C=C/CCCCCCCCC)O[C@@H]1[C@@H]1[C@@H]4O[C@]4(CO)[C@@H](O)[C@]4(O)C(=O)C(C)=C[C@H]4[C@@]1(O3)[C@H](C)[C@H]2OC(C)=O. The van der Waals surface area contributed by atoms with Gasteiger partial charge < -0.3 is 39.0 Å². The van der Waals surface area contributed by atoms with Gasteiger partial charge in [-0.15, -0.1) is 0 Å². The number of esters is 1. The number of ether oxygens (including phenoxy) is 5. The molecule has 6 aliphatic rings. The standard InChI is InChI=1S/C36H50O10/c1-7-8-9-10-11-12-13-14-15-16-17-18-33-44-30-26-29-32(20-37,43-29)31(40)34(41)25(19-22(4)27(34)39)36(26,46-33)23(5)28(42-24(6)38)35(30,45-33)21(2)3/h15-19,23,25-26,28-31,37,40-41H,2,7-14,20H2,1,3-6H3/b16-15+,18-17+/t23-,25-,26+,28-,29+,30-,31-,32+,33+,34-,35+,36+/m1/s1. The van der Waals surface area contributed by atoms with E-state index in [-0.39, 0.29) is 5.57 Å². The summed E-state index contributed by atoms with van der Waals surface area (Å²) >= 11 is 0. The zero-order valence-electron chi connectivity index (χ0n) is 27.7. The molecule has 254 valence electrons. The minimum atomic E-state index is -2.38. The van der Waals surface area contributed by atoms with Crippen LogP contribution in [-0.4, -0.2) is 86.5 Å². The first-order chi connectivity index (χ1) is 21.8. The van der Waals surface area contributed by atoms with Gasteiger partial charge in [0.2, 0.25) is 0 Å². The molecular formula is C36H50O10. The Labute approximate surface area is 271 Å². The van der Waals surface area contributed by atoms with Crippen LogP contribution in [0.4, 0.5) is 0 Å². The average Bonchev–Trinajstić information content (AvgIpc) is 3.64. The molecule has 5 fully saturated rings. The summed E-state index contributed by atoms with van der Waals surface area (Å²) in [7, 11) is 0. The van der Waals surface area contributed by atoms with E-state index in [4.69, 9.17) is 23.7 Å². The number of carbonyl (C=O) groups excluding carboxylic acids is 2. The van der Waals surface area contributed by atoms with Crippen molar-refractivity contribution in [3.05, 3.63) is 48.1 Å². The number of aliphatic hydroxyl groups is 3. The van der Waals surface area contributed by atoms with Crippen molar-refractivity contribution < 1.29 is 48.6 Å². The third kappa shape index (κ3) is 4.47. The second-order valence-corrected chi connectivity index (χ2v) is 14.4. The Kier molecular flexibility index (Phi) is 8.61. The summed E-state index contributed by atoms with van der Waals surface area (Å²) in [5.74, 6) is -5.58. The maximum atomic E-state index is 13.7. The molecule has 0 spiro atoms. The molecule has 0 unspecified atom stereocenters. The summed E-state index contributed by atoms with van der Waals surface area (Å²) in [6.07, 6.45) is 14.1. The second kappa shape index (κ2) is 11.8. The van der Waals surface area contributed by atoms with Crippen LogP contribution in [0.15, 0.2) is 48.1 Å². The van der Waals surface area contributed by atoms with Crippen LogP contribution < -0.4 is 0 Å². The van der Waals surface area contributed by atoms with Gasteiger partial charge in [-0.2, -0.15) is 0 Å². The molecule has 0 aromatic heterocycles. The summed E-state index contributed by atoms with van der Waals surface area (Å²) in [6.45, 7) is 12.3. The fraction of sp³-hybridized carbons (Fsp3) is 0.722. The molecule has 46 heavy (non-hydrogen) atoms. The first-order valence-corrected chi connectivity index (χ1v) is 17.0. The predicted octanol–water partition coefficient (Wildman–Crippen LogP) is 3.97. The van der Waals surface area contributed by atoms with Crippen LogP contribution in [-0.2, 0) is 33.3 Å². The Morgan fingerprint density at radius 2 is 1.76 bits per heavy atom. The van der Waals surface area contributed by atoms with Crippen LogP contribution in [0.1, 0.15) is 86.0 Å². The minimum absolute atomic E-state index is 0.251. The normalized spacial score (nSPS) is 46.7. The lowest BCUT2D eigenvalue weighted by Gasteiger charge is -2.61. The lowest BCUT2D eigenvalue weighted by Crippen LogP contribution is -2.76. The van der Waals surface area contributed by atoms with E-state index in [2.05, 4.69) is 19.6 Å². The van der Waals surface area contributed by atoms with Gasteiger partial charge in [-0.1, -0.05) is 83.3 Å². The van der Waals surface area contributed by atoms with Gasteiger partial charge in [0, 0.05) is 30.8 Å². The van der Waals surface area contributed by atoms with Crippen molar-refractivity contribution in [1.82, 2.24) is 0 Å². The fourth-order valence-electron chi connectivity index (χ4n) is 9.37. The van der Waals surface area contributed by atoms with Crippen LogP contribution in [0, 0.1) is 17.8 Å². The van der Waals surface area contributed by atoms with E-state index < -0.39 is 88.9 Å². The number of allylic oxidation sites excluding steroid dienone is 3. The monoisotopic (exact) mass is 642 g/mol. The number of unbranched alkanes of at least 4 members (excludes halogenated alkanes) is 7. The van der Waals surface area contributed by atoms with Crippen molar-refractivity contribution in [2.45, 2.75) is 139 Å². The maximum absolute atomic E-state index is 13.7. The van der Waals surface area contributed by atoms with Crippen molar-refractivity contribution >= 4 is 11.8 Å². The number of aliphatic hydroxyl groups excluding tert-OH is 2. The van der Waals surface area contributed by atoms with E-state index >= 15 is 0 Å². The Hall–Kier alpha value is -2.18. The molecular weight excluding hydrogens is 592 g/mol. The zero-order valence-corrected chi connectivity index (χ0v) is 27.7. The first kappa shape index (κ1) is 33.7. The Balaban J connectivity index is 1.39. The van der Waals surface area contributed by atoms with Gasteiger partial charge in [-0.25, -0.2) is 0 Å². The van der Waals surface area contributed by atoms with Gasteiger partial charge in [-0.3, -0.25) is 9.59 Å². The highest BCUT2D eigenvalue weighted by Crippen LogP contribution is 2.73. The summed E-state index contributed by atoms with van der Waals surface area (Å²) in [6, 6.07) is 0. The first-order valence-electron chi connectivity index (χ1n) is 17.0. The molecule has 0 aromatic carbocycles. The molecule has 0 amide bonds. The summed E-state index contributed by atoms with van der Waals surface area (Å²) in [5, 5.41) is 34.6. The number of carbonyl (C=O) groups is 2. The van der Waals surface area contributed by atoms with Crippen molar-refractivity contribution in [1.29, 1.82) is 0 Å². The molecule has 3 aliphatic carbocycles. The molecule has 2 saturated carbocycles. The molecule has 3 saturated heterocycles. The molecule has 3 aliphatic heterocycles. The highest BCUT2D eigenvalue weighted by Gasteiger charge is 2.90. The molecule has 0 radical (unpaired) electrons. The van der Waals surface area contributed by atoms with Crippen LogP contribution in [0.2, 0.25) is 0 Å². The van der Waals surface area contributed by atoms with Crippen molar-refractivity contribution in [3.63, 3.8) is 0 Å². The number of hydrogen-bond acceptors (Lipinski definition) is 10. The quantitative estimate of drug-likeness (QED) is 0.0888. The van der Waals surface area contributed by atoms with Gasteiger partial charge in [0.25, 0.3) is 0 Å². The van der Waals surface area contributed by atoms with E-state index in [0.29, 0.717) is 5.57 Å².